The Hall–Kier alpha value is -2.18. The lowest BCUT2D eigenvalue weighted by molar-refractivity contribution is 0.180. The summed E-state index contributed by atoms with van der Waals surface area (Å²) in [5.74, 6) is 5.68. The highest BCUT2D eigenvalue weighted by atomic mass is 19.2. The van der Waals surface area contributed by atoms with E-state index in [1.807, 2.05) is 12.1 Å². The van der Waals surface area contributed by atoms with Gasteiger partial charge in [0.05, 0.1) is 0 Å². The molecule has 0 aliphatic heterocycles. The van der Waals surface area contributed by atoms with E-state index in [1.165, 1.54) is 43.7 Å². The van der Waals surface area contributed by atoms with E-state index in [0.717, 1.165) is 36.6 Å². The number of hydrogen-bond acceptors (Lipinski definition) is 1. The summed E-state index contributed by atoms with van der Waals surface area (Å²) in [4.78, 5) is 0. The van der Waals surface area contributed by atoms with Gasteiger partial charge in [-0.05, 0) is 86.3 Å². The molecule has 1 fully saturated rings. The van der Waals surface area contributed by atoms with Gasteiger partial charge in [-0.2, -0.15) is 0 Å². The van der Waals surface area contributed by atoms with E-state index in [2.05, 4.69) is 24.0 Å². The molecular formula is C24H26F2O. The van der Waals surface area contributed by atoms with Crippen molar-refractivity contribution in [1.82, 2.24) is 0 Å². The maximum atomic E-state index is 13.2. The van der Waals surface area contributed by atoms with E-state index in [0.29, 0.717) is 11.5 Å². The van der Waals surface area contributed by atoms with Crippen LogP contribution < -0.4 is 0 Å². The van der Waals surface area contributed by atoms with Crippen LogP contribution in [0.2, 0.25) is 0 Å². The number of benzene rings is 2. The predicted octanol–water partition coefficient (Wildman–Crippen LogP) is 6.07. The number of ether oxygens (including phenoxy) is 1. The topological polar surface area (TPSA) is 9.23 Å². The lowest BCUT2D eigenvalue weighted by Crippen LogP contribution is -2.13. The van der Waals surface area contributed by atoms with Crippen molar-refractivity contribution in [1.29, 1.82) is 0 Å². The fraction of sp³-hybridized carbons (Fsp3) is 0.417. The molecule has 1 saturated carbocycles. The Morgan fingerprint density at radius 2 is 1.56 bits per heavy atom. The molecule has 3 heteroatoms. The molecule has 0 N–H and O–H groups in total. The van der Waals surface area contributed by atoms with Gasteiger partial charge in [-0.15, -0.1) is 0 Å². The Morgan fingerprint density at radius 1 is 0.889 bits per heavy atom. The number of rotatable bonds is 5. The minimum Gasteiger partial charge on any atom is -0.385 e. The average Bonchev–Trinajstić information content (AvgIpc) is 2.70. The van der Waals surface area contributed by atoms with E-state index < -0.39 is 11.6 Å². The highest BCUT2D eigenvalue weighted by molar-refractivity contribution is 5.44. The van der Waals surface area contributed by atoms with Gasteiger partial charge in [-0.1, -0.05) is 24.0 Å². The molecule has 0 spiro atoms. The first-order chi connectivity index (χ1) is 13.2. The summed E-state index contributed by atoms with van der Waals surface area (Å²) in [6.45, 7) is 0.868. The first kappa shape index (κ1) is 19.6. The third-order valence-corrected chi connectivity index (χ3v) is 5.46. The van der Waals surface area contributed by atoms with Crippen LogP contribution in [0.25, 0.3) is 0 Å². The summed E-state index contributed by atoms with van der Waals surface area (Å²) in [6.07, 6.45) is 7.53. The Balaban J connectivity index is 1.55. The summed E-state index contributed by atoms with van der Waals surface area (Å²) in [5.41, 5.74) is 2.74. The van der Waals surface area contributed by atoms with Crippen LogP contribution in [-0.2, 0) is 4.74 Å². The van der Waals surface area contributed by atoms with Gasteiger partial charge in [-0.3, -0.25) is 0 Å². The van der Waals surface area contributed by atoms with Gasteiger partial charge in [0, 0.05) is 24.8 Å². The Morgan fingerprint density at radius 3 is 2.22 bits per heavy atom. The minimum atomic E-state index is -0.866. The zero-order chi connectivity index (χ0) is 19.1. The van der Waals surface area contributed by atoms with Crippen LogP contribution >= 0.6 is 0 Å². The number of methoxy groups -OCH3 is 1. The molecule has 0 radical (unpaired) electrons. The largest absolute Gasteiger partial charge is 0.385 e. The second kappa shape index (κ2) is 9.67. The van der Waals surface area contributed by atoms with E-state index in [9.17, 15) is 8.78 Å². The second-order valence-electron chi connectivity index (χ2n) is 7.35. The normalized spacial score (nSPS) is 19.4. The van der Waals surface area contributed by atoms with Crippen molar-refractivity contribution in [2.45, 2.75) is 44.4 Å². The molecule has 0 aromatic heterocycles. The third kappa shape index (κ3) is 5.65. The standard InChI is InChI=1S/C24H26F2O/c1-27-16-2-3-18-6-11-21(12-7-18)22-13-8-19(9-14-22)4-5-20-10-15-23(25)24(26)17-20/h8-10,13-15,17-18,21H,2-3,6-7,11-12,16H2,1H3. The van der Waals surface area contributed by atoms with Gasteiger partial charge in [0.25, 0.3) is 0 Å². The van der Waals surface area contributed by atoms with Gasteiger partial charge in [0.1, 0.15) is 0 Å². The van der Waals surface area contributed by atoms with Crippen LogP contribution in [0.1, 0.15) is 61.1 Å². The Kier molecular flexibility index (Phi) is 7.01. The predicted molar refractivity (Wildman–Crippen MR) is 105 cm³/mol. The molecule has 0 atom stereocenters. The van der Waals surface area contributed by atoms with Crippen LogP contribution in [0, 0.1) is 29.4 Å². The van der Waals surface area contributed by atoms with Gasteiger partial charge in [0.2, 0.25) is 0 Å². The number of halogens is 2. The molecule has 0 unspecified atom stereocenters. The van der Waals surface area contributed by atoms with Crippen LogP contribution in [-0.4, -0.2) is 13.7 Å². The molecule has 0 heterocycles. The fourth-order valence-electron chi connectivity index (χ4n) is 3.86. The smallest absolute Gasteiger partial charge is 0.160 e. The van der Waals surface area contributed by atoms with Gasteiger partial charge in [0.15, 0.2) is 11.6 Å². The van der Waals surface area contributed by atoms with Crippen LogP contribution in [0.15, 0.2) is 42.5 Å². The van der Waals surface area contributed by atoms with Crippen LogP contribution in [0.4, 0.5) is 8.78 Å². The summed E-state index contributed by atoms with van der Waals surface area (Å²) >= 11 is 0. The molecule has 0 amide bonds. The maximum absolute atomic E-state index is 13.2. The van der Waals surface area contributed by atoms with Crippen molar-refractivity contribution in [3.63, 3.8) is 0 Å². The maximum Gasteiger partial charge on any atom is 0.160 e. The lowest BCUT2D eigenvalue weighted by Gasteiger charge is -2.28. The van der Waals surface area contributed by atoms with Crippen LogP contribution in [0.3, 0.4) is 0 Å². The molecule has 3 rings (SSSR count). The fourth-order valence-corrected chi connectivity index (χ4v) is 3.86. The molecular weight excluding hydrogens is 342 g/mol. The summed E-state index contributed by atoms with van der Waals surface area (Å²) < 4.78 is 31.3. The molecule has 142 valence electrons. The second-order valence-corrected chi connectivity index (χ2v) is 7.35. The highest BCUT2D eigenvalue weighted by Crippen LogP contribution is 2.37. The van der Waals surface area contributed by atoms with Crippen molar-refractivity contribution in [3.8, 4) is 11.8 Å². The van der Waals surface area contributed by atoms with Gasteiger partial charge < -0.3 is 4.74 Å². The van der Waals surface area contributed by atoms with Crippen molar-refractivity contribution in [2.75, 3.05) is 13.7 Å². The summed E-state index contributed by atoms with van der Waals surface area (Å²) in [7, 11) is 1.77. The molecule has 0 bridgehead atoms. The Bertz CT molecular complexity index is 793. The molecule has 1 nitrogen and oxygen atoms in total. The molecule has 0 saturated heterocycles. The van der Waals surface area contributed by atoms with Crippen molar-refractivity contribution < 1.29 is 13.5 Å². The Labute approximate surface area is 160 Å². The SMILES string of the molecule is COCCCC1CCC(c2ccc(C#Cc3ccc(F)c(F)c3)cc2)CC1. The lowest BCUT2D eigenvalue weighted by atomic mass is 9.77. The minimum absolute atomic E-state index is 0.477. The monoisotopic (exact) mass is 368 g/mol. The van der Waals surface area contributed by atoms with Gasteiger partial charge >= 0.3 is 0 Å². The van der Waals surface area contributed by atoms with Crippen molar-refractivity contribution >= 4 is 0 Å². The van der Waals surface area contributed by atoms with E-state index in [1.54, 1.807) is 7.11 Å². The van der Waals surface area contributed by atoms with Crippen molar-refractivity contribution in [3.05, 3.63) is 70.8 Å². The van der Waals surface area contributed by atoms with Crippen LogP contribution in [0.5, 0.6) is 0 Å². The van der Waals surface area contributed by atoms with E-state index >= 15 is 0 Å². The molecule has 1 aliphatic rings. The highest BCUT2D eigenvalue weighted by Gasteiger charge is 2.21. The zero-order valence-corrected chi connectivity index (χ0v) is 15.8. The first-order valence-corrected chi connectivity index (χ1v) is 9.71. The van der Waals surface area contributed by atoms with Crippen molar-refractivity contribution in [2.24, 2.45) is 5.92 Å². The van der Waals surface area contributed by atoms with Gasteiger partial charge in [-0.25, -0.2) is 8.78 Å². The summed E-state index contributed by atoms with van der Waals surface area (Å²) in [5, 5.41) is 0. The zero-order valence-electron chi connectivity index (χ0n) is 15.8. The van der Waals surface area contributed by atoms with E-state index in [-0.39, 0.29) is 0 Å². The average molecular weight is 368 g/mol. The third-order valence-electron chi connectivity index (χ3n) is 5.46. The summed E-state index contributed by atoms with van der Waals surface area (Å²) in [6, 6.07) is 12.1. The molecule has 2 aromatic rings. The quantitative estimate of drug-likeness (QED) is 0.460. The van der Waals surface area contributed by atoms with E-state index in [4.69, 9.17) is 4.74 Å². The molecule has 1 aliphatic carbocycles. The number of hydrogen-bond donors (Lipinski definition) is 0. The molecule has 27 heavy (non-hydrogen) atoms. The molecule has 2 aromatic carbocycles. The first-order valence-electron chi connectivity index (χ1n) is 9.71.